The van der Waals surface area contributed by atoms with Gasteiger partial charge in [-0.2, -0.15) is 0 Å². The van der Waals surface area contributed by atoms with Crippen molar-refractivity contribution in [2.24, 2.45) is 11.8 Å². The average molecular weight is 384 g/mol. The molecule has 4 heteroatoms. The summed E-state index contributed by atoms with van der Waals surface area (Å²) in [6, 6.07) is 15.7. The molecule has 2 N–H and O–H groups in total. The Labute approximate surface area is 168 Å². The van der Waals surface area contributed by atoms with Crippen molar-refractivity contribution in [3.63, 3.8) is 0 Å². The molecule has 4 nitrogen and oxygen atoms in total. The highest BCUT2D eigenvalue weighted by molar-refractivity contribution is 6.03. The van der Waals surface area contributed by atoms with E-state index in [4.69, 9.17) is 0 Å². The first-order valence-corrected chi connectivity index (χ1v) is 9.76. The predicted octanol–water partition coefficient (Wildman–Crippen LogP) is 5.75. The number of carboxylic acid groups (broad SMARTS) is 2. The molecule has 0 fully saturated rings. The molecule has 0 saturated carbocycles. The minimum Gasteiger partial charge on any atom is -0.478 e. The van der Waals surface area contributed by atoms with Gasteiger partial charge in [-0.1, -0.05) is 64.1 Å². The highest BCUT2D eigenvalue weighted by atomic mass is 16.4. The van der Waals surface area contributed by atoms with E-state index in [1.807, 2.05) is 30.3 Å². The molecule has 0 aliphatic heterocycles. The smallest absolute Gasteiger partial charge is 0.336 e. The summed E-state index contributed by atoms with van der Waals surface area (Å²) < 4.78 is 0. The van der Waals surface area contributed by atoms with Crippen LogP contribution >= 0.6 is 0 Å². The summed E-state index contributed by atoms with van der Waals surface area (Å²) in [4.78, 5) is 22.9. The van der Waals surface area contributed by atoms with Crippen molar-refractivity contribution < 1.29 is 19.8 Å². The molecule has 0 spiro atoms. The van der Waals surface area contributed by atoms with E-state index in [9.17, 15) is 19.8 Å². The number of carbonyl (C=O) groups is 2. The molecule has 0 atom stereocenters. The molecule has 151 valence electrons. The molecular weight excluding hydrogens is 352 g/mol. The van der Waals surface area contributed by atoms with Crippen LogP contribution in [0.1, 0.15) is 72.4 Å². The highest BCUT2D eigenvalue weighted by Crippen LogP contribution is 2.25. The van der Waals surface area contributed by atoms with E-state index < -0.39 is 11.9 Å². The van der Waals surface area contributed by atoms with Crippen LogP contribution in [0.3, 0.4) is 0 Å². The van der Waals surface area contributed by atoms with E-state index in [1.165, 1.54) is 6.07 Å². The number of benzene rings is 2. The second-order valence-corrected chi connectivity index (χ2v) is 7.68. The molecule has 0 heterocycles. The van der Waals surface area contributed by atoms with Gasteiger partial charge in [0.15, 0.2) is 0 Å². The van der Waals surface area contributed by atoms with Crippen molar-refractivity contribution in [2.75, 3.05) is 0 Å². The van der Waals surface area contributed by atoms with Crippen LogP contribution in [0.2, 0.25) is 0 Å². The maximum Gasteiger partial charge on any atom is 0.336 e. The van der Waals surface area contributed by atoms with Crippen LogP contribution in [0, 0.1) is 17.9 Å². The fourth-order valence-corrected chi connectivity index (χ4v) is 2.85. The summed E-state index contributed by atoms with van der Waals surface area (Å²) in [5.41, 5.74) is 1.52. The average Bonchev–Trinajstić information content (AvgIpc) is 2.65. The lowest BCUT2D eigenvalue weighted by atomic mass is 9.88. The normalized spacial score (nSPS) is 10.5. The van der Waals surface area contributed by atoms with Gasteiger partial charge >= 0.3 is 11.9 Å². The van der Waals surface area contributed by atoms with Crippen molar-refractivity contribution in [1.29, 1.82) is 0 Å². The van der Waals surface area contributed by atoms with E-state index >= 15 is 0 Å². The minimum atomic E-state index is -1.18. The monoisotopic (exact) mass is 383 g/mol. The van der Waals surface area contributed by atoms with Crippen LogP contribution < -0.4 is 0 Å². The van der Waals surface area contributed by atoms with Crippen molar-refractivity contribution in [2.45, 2.75) is 53.4 Å². The van der Waals surface area contributed by atoms with Crippen molar-refractivity contribution >= 4 is 11.9 Å². The number of hydrogen-bond acceptors (Lipinski definition) is 2. The van der Waals surface area contributed by atoms with Crippen molar-refractivity contribution in [3.8, 4) is 0 Å². The van der Waals surface area contributed by atoms with Crippen molar-refractivity contribution in [1.82, 2.24) is 0 Å². The van der Waals surface area contributed by atoms with E-state index in [2.05, 4.69) is 33.8 Å². The fraction of sp³-hybridized carbons (Fsp3) is 0.417. The Morgan fingerprint density at radius 1 is 0.857 bits per heavy atom. The van der Waals surface area contributed by atoms with Crippen LogP contribution in [-0.4, -0.2) is 22.2 Å². The first kappa shape index (κ1) is 23.4. The number of carboxylic acids is 2. The van der Waals surface area contributed by atoms with Gasteiger partial charge in [-0.25, -0.2) is 9.59 Å². The molecule has 2 aromatic carbocycles. The first-order chi connectivity index (χ1) is 13.2. The van der Waals surface area contributed by atoms with Gasteiger partial charge in [0.2, 0.25) is 0 Å². The lowest BCUT2D eigenvalue weighted by Gasteiger charge is -2.16. The zero-order chi connectivity index (χ0) is 21.1. The first-order valence-electron chi connectivity index (χ1n) is 9.76. The number of aromatic carboxylic acids is 2. The predicted molar refractivity (Wildman–Crippen MR) is 112 cm³/mol. The maximum atomic E-state index is 11.6. The van der Waals surface area contributed by atoms with Gasteiger partial charge in [0.05, 0.1) is 11.1 Å². The third kappa shape index (κ3) is 7.95. The van der Waals surface area contributed by atoms with Gasteiger partial charge < -0.3 is 10.2 Å². The number of rotatable bonds is 8. The summed E-state index contributed by atoms with van der Waals surface area (Å²) >= 11 is 0. The summed E-state index contributed by atoms with van der Waals surface area (Å²) in [7, 11) is 0. The molecule has 0 aliphatic carbocycles. The molecule has 2 aromatic rings. The van der Waals surface area contributed by atoms with Crippen LogP contribution in [0.4, 0.5) is 0 Å². The summed E-state index contributed by atoms with van der Waals surface area (Å²) in [5, 5.41) is 18.8. The quantitative estimate of drug-likeness (QED) is 0.609. The van der Waals surface area contributed by atoms with Crippen molar-refractivity contribution in [3.05, 3.63) is 70.8 Å². The van der Waals surface area contributed by atoms with E-state index in [-0.39, 0.29) is 11.1 Å². The molecular formula is C24H31O4. The Balaban J connectivity index is 0.000000552. The molecule has 0 bridgehead atoms. The third-order valence-electron chi connectivity index (χ3n) is 4.42. The van der Waals surface area contributed by atoms with E-state index in [0.717, 1.165) is 24.8 Å². The zero-order valence-electron chi connectivity index (χ0n) is 17.2. The van der Waals surface area contributed by atoms with Gasteiger partial charge in [-0.05, 0) is 60.8 Å². The number of hydrogen-bond donors (Lipinski definition) is 2. The Bertz CT molecular complexity index is 722. The van der Waals surface area contributed by atoms with E-state index in [0.29, 0.717) is 23.8 Å². The van der Waals surface area contributed by atoms with Gasteiger partial charge in [0.1, 0.15) is 0 Å². The molecule has 0 aliphatic rings. The zero-order valence-corrected chi connectivity index (χ0v) is 17.2. The third-order valence-corrected chi connectivity index (χ3v) is 4.42. The lowest BCUT2D eigenvalue weighted by molar-refractivity contribution is 0.0650. The second kappa shape index (κ2) is 12.0. The molecule has 0 saturated heterocycles. The lowest BCUT2D eigenvalue weighted by Crippen LogP contribution is -2.14. The Morgan fingerprint density at radius 3 is 1.82 bits per heavy atom. The molecule has 0 unspecified atom stereocenters. The van der Waals surface area contributed by atoms with Crippen LogP contribution in [0.15, 0.2) is 42.5 Å². The Morgan fingerprint density at radius 2 is 1.43 bits per heavy atom. The Hall–Kier alpha value is -2.62. The molecule has 0 aromatic heterocycles. The van der Waals surface area contributed by atoms with Gasteiger partial charge in [0, 0.05) is 0 Å². The van der Waals surface area contributed by atoms with Gasteiger partial charge in [-0.3, -0.25) is 0 Å². The van der Waals surface area contributed by atoms with Crippen LogP contribution in [-0.2, 0) is 12.8 Å². The topological polar surface area (TPSA) is 74.6 Å². The molecule has 1 radical (unpaired) electrons. The largest absolute Gasteiger partial charge is 0.478 e. The SMILES string of the molecule is CC(C)CCc1ccc(C(=O)O)c(C(=O)O)c1CCC(C)C.[c]1ccccc1. The fourth-order valence-electron chi connectivity index (χ4n) is 2.85. The van der Waals surface area contributed by atoms with E-state index in [1.54, 1.807) is 6.07 Å². The Kier molecular flexibility index (Phi) is 10.0. The standard InChI is InChI=1S/C18H26O4.C6H5/c1-11(2)5-7-13-8-10-15(17(19)20)16(18(21)22)14(13)9-6-12(3)4;1-2-4-6-5-3-1/h8,10-12H,5-7,9H2,1-4H3,(H,19,20)(H,21,22);1-5H. The second-order valence-electron chi connectivity index (χ2n) is 7.68. The van der Waals surface area contributed by atoms with Gasteiger partial charge in [-0.15, -0.1) is 0 Å². The van der Waals surface area contributed by atoms with Gasteiger partial charge in [0.25, 0.3) is 0 Å². The molecule has 28 heavy (non-hydrogen) atoms. The number of aryl methyl sites for hydroxylation is 1. The molecule has 0 amide bonds. The maximum absolute atomic E-state index is 11.6. The molecule has 2 rings (SSSR count). The van der Waals surface area contributed by atoms with Crippen LogP contribution in [0.25, 0.3) is 0 Å². The summed E-state index contributed by atoms with van der Waals surface area (Å²) in [6.45, 7) is 8.40. The summed E-state index contributed by atoms with van der Waals surface area (Å²) in [6.07, 6.45) is 3.19. The summed E-state index contributed by atoms with van der Waals surface area (Å²) in [5.74, 6) is -1.38. The minimum absolute atomic E-state index is 0.0330. The highest BCUT2D eigenvalue weighted by Gasteiger charge is 2.22. The van der Waals surface area contributed by atoms with Crippen LogP contribution in [0.5, 0.6) is 0 Å².